The van der Waals surface area contributed by atoms with Crippen LogP contribution in [0.1, 0.15) is 41.0 Å². The molecular formula is C15H30N2. The molecule has 2 heteroatoms. The van der Waals surface area contributed by atoms with Crippen LogP contribution >= 0.6 is 0 Å². The third-order valence-electron chi connectivity index (χ3n) is 4.17. The van der Waals surface area contributed by atoms with E-state index in [1.54, 1.807) is 0 Å². The second-order valence-electron chi connectivity index (χ2n) is 6.52. The van der Waals surface area contributed by atoms with Gasteiger partial charge in [0.2, 0.25) is 0 Å². The van der Waals surface area contributed by atoms with Crippen LogP contribution in [-0.2, 0) is 0 Å². The second kappa shape index (κ2) is 6.01. The Morgan fingerprint density at radius 3 is 2.59 bits per heavy atom. The van der Waals surface area contributed by atoms with Gasteiger partial charge >= 0.3 is 0 Å². The van der Waals surface area contributed by atoms with Crippen molar-refractivity contribution in [1.29, 1.82) is 0 Å². The Labute approximate surface area is 107 Å². The fraction of sp³-hybridized carbons (Fsp3) is 0.867. The van der Waals surface area contributed by atoms with E-state index in [0.29, 0.717) is 17.5 Å². The van der Waals surface area contributed by atoms with Gasteiger partial charge in [-0.05, 0) is 11.3 Å². The van der Waals surface area contributed by atoms with E-state index in [1.165, 1.54) is 6.42 Å². The van der Waals surface area contributed by atoms with Crippen molar-refractivity contribution >= 4 is 0 Å². The molecule has 1 heterocycles. The molecule has 0 spiro atoms. The molecule has 1 aliphatic heterocycles. The quantitative estimate of drug-likeness (QED) is 0.758. The molecule has 17 heavy (non-hydrogen) atoms. The summed E-state index contributed by atoms with van der Waals surface area (Å²) >= 11 is 0. The van der Waals surface area contributed by atoms with Gasteiger partial charge in [0.25, 0.3) is 0 Å². The molecule has 0 bridgehead atoms. The van der Waals surface area contributed by atoms with Crippen molar-refractivity contribution < 1.29 is 0 Å². The van der Waals surface area contributed by atoms with E-state index < -0.39 is 0 Å². The highest BCUT2D eigenvalue weighted by molar-refractivity contribution is 4.95. The summed E-state index contributed by atoms with van der Waals surface area (Å²) in [5.41, 5.74) is 0.333. The van der Waals surface area contributed by atoms with Crippen LogP contribution < -0.4 is 5.32 Å². The first-order chi connectivity index (χ1) is 7.90. The third-order valence-corrected chi connectivity index (χ3v) is 4.17. The van der Waals surface area contributed by atoms with E-state index >= 15 is 0 Å². The molecule has 1 fully saturated rings. The molecule has 0 saturated carbocycles. The van der Waals surface area contributed by atoms with Crippen molar-refractivity contribution in [3.05, 3.63) is 12.7 Å². The molecule has 1 rings (SSSR count). The molecular weight excluding hydrogens is 208 g/mol. The average molecular weight is 238 g/mol. The van der Waals surface area contributed by atoms with Crippen LogP contribution in [0.4, 0.5) is 0 Å². The standard InChI is InChI=1S/C15H30N2/c1-7-9-17-11-14(15(4,5)6)16-10-13(17)12(3)8-2/h7,12-14,16H,1,8-11H2,2-6H3. The van der Waals surface area contributed by atoms with Crippen LogP contribution in [0.25, 0.3) is 0 Å². The van der Waals surface area contributed by atoms with Gasteiger partial charge in [-0.15, -0.1) is 6.58 Å². The molecule has 0 amide bonds. The Kier molecular flexibility index (Phi) is 5.21. The van der Waals surface area contributed by atoms with Gasteiger partial charge in [-0.2, -0.15) is 0 Å². The monoisotopic (exact) mass is 238 g/mol. The minimum absolute atomic E-state index is 0.333. The Morgan fingerprint density at radius 2 is 2.12 bits per heavy atom. The highest BCUT2D eigenvalue weighted by atomic mass is 15.2. The van der Waals surface area contributed by atoms with Crippen molar-refractivity contribution in [3.8, 4) is 0 Å². The minimum atomic E-state index is 0.333. The predicted octanol–water partition coefficient (Wildman–Crippen LogP) is 2.91. The van der Waals surface area contributed by atoms with Crippen molar-refractivity contribution in [2.45, 2.75) is 53.1 Å². The summed E-state index contributed by atoms with van der Waals surface area (Å²) in [5.74, 6) is 0.753. The zero-order valence-electron chi connectivity index (χ0n) is 12.3. The Morgan fingerprint density at radius 1 is 1.47 bits per heavy atom. The number of rotatable bonds is 4. The summed E-state index contributed by atoms with van der Waals surface area (Å²) in [7, 11) is 0. The number of hydrogen-bond donors (Lipinski definition) is 1. The Hall–Kier alpha value is -0.340. The first-order valence-electron chi connectivity index (χ1n) is 6.98. The first kappa shape index (κ1) is 14.7. The molecule has 1 saturated heterocycles. The third kappa shape index (κ3) is 3.82. The van der Waals surface area contributed by atoms with Gasteiger partial charge in [0.15, 0.2) is 0 Å². The van der Waals surface area contributed by atoms with Crippen molar-refractivity contribution in [2.24, 2.45) is 11.3 Å². The maximum Gasteiger partial charge on any atom is 0.0250 e. The largest absolute Gasteiger partial charge is 0.311 e. The minimum Gasteiger partial charge on any atom is -0.311 e. The van der Waals surface area contributed by atoms with Crippen LogP contribution in [0, 0.1) is 11.3 Å². The lowest BCUT2D eigenvalue weighted by molar-refractivity contribution is 0.0678. The fourth-order valence-corrected chi connectivity index (χ4v) is 2.62. The predicted molar refractivity (Wildman–Crippen MR) is 76.3 cm³/mol. The van der Waals surface area contributed by atoms with Gasteiger partial charge in [-0.25, -0.2) is 0 Å². The summed E-state index contributed by atoms with van der Waals surface area (Å²) in [6.07, 6.45) is 3.29. The topological polar surface area (TPSA) is 15.3 Å². The van der Waals surface area contributed by atoms with E-state index in [4.69, 9.17) is 0 Å². The van der Waals surface area contributed by atoms with Gasteiger partial charge in [-0.3, -0.25) is 4.90 Å². The molecule has 0 aromatic heterocycles. The lowest BCUT2D eigenvalue weighted by atomic mass is 9.83. The summed E-state index contributed by atoms with van der Waals surface area (Å²) in [6, 6.07) is 1.25. The molecule has 3 unspecified atom stereocenters. The molecule has 2 nitrogen and oxygen atoms in total. The molecule has 0 aromatic carbocycles. The van der Waals surface area contributed by atoms with Crippen molar-refractivity contribution in [2.75, 3.05) is 19.6 Å². The normalized spacial score (nSPS) is 29.0. The molecule has 0 aliphatic carbocycles. The van der Waals surface area contributed by atoms with Crippen LogP contribution in [-0.4, -0.2) is 36.6 Å². The van der Waals surface area contributed by atoms with Gasteiger partial charge < -0.3 is 5.32 Å². The van der Waals surface area contributed by atoms with E-state index in [1.807, 2.05) is 6.08 Å². The van der Waals surface area contributed by atoms with Gasteiger partial charge in [0.1, 0.15) is 0 Å². The van der Waals surface area contributed by atoms with Crippen LogP contribution in [0.3, 0.4) is 0 Å². The zero-order valence-corrected chi connectivity index (χ0v) is 12.3. The Balaban J connectivity index is 2.70. The van der Waals surface area contributed by atoms with Crippen LogP contribution in [0.15, 0.2) is 12.7 Å². The summed E-state index contributed by atoms with van der Waals surface area (Å²) in [5, 5.41) is 3.74. The maximum absolute atomic E-state index is 3.90. The molecule has 0 radical (unpaired) electrons. The van der Waals surface area contributed by atoms with Crippen molar-refractivity contribution in [1.82, 2.24) is 10.2 Å². The average Bonchev–Trinajstić information content (AvgIpc) is 2.27. The van der Waals surface area contributed by atoms with Gasteiger partial charge in [-0.1, -0.05) is 47.1 Å². The lowest BCUT2D eigenvalue weighted by Gasteiger charge is -2.46. The smallest absolute Gasteiger partial charge is 0.0250 e. The SMILES string of the molecule is C=CCN1CC(C(C)(C)C)NCC1C(C)CC. The van der Waals surface area contributed by atoms with E-state index in [2.05, 4.69) is 51.4 Å². The molecule has 3 atom stereocenters. The second-order valence-corrected chi connectivity index (χ2v) is 6.52. The Bertz CT molecular complexity index is 242. The van der Waals surface area contributed by atoms with Crippen molar-refractivity contribution in [3.63, 3.8) is 0 Å². The number of hydrogen-bond acceptors (Lipinski definition) is 2. The molecule has 1 aliphatic rings. The first-order valence-corrected chi connectivity index (χ1v) is 6.98. The zero-order chi connectivity index (χ0) is 13.1. The number of nitrogens with zero attached hydrogens (tertiary/aromatic N) is 1. The number of piperazine rings is 1. The lowest BCUT2D eigenvalue weighted by Crippen LogP contribution is -2.61. The van der Waals surface area contributed by atoms with E-state index in [9.17, 15) is 0 Å². The fourth-order valence-electron chi connectivity index (χ4n) is 2.62. The van der Waals surface area contributed by atoms with Gasteiger partial charge in [0, 0.05) is 31.7 Å². The molecule has 100 valence electrons. The highest BCUT2D eigenvalue weighted by Crippen LogP contribution is 2.26. The molecule has 1 N–H and O–H groups in total. The summed E-state index contributed by atoms with van der Waals surface area (Å²) in [6.45, 7) is 18.8. The summed E-state index contributed by atoms with van der Waals surface area (Å²) in [4.78, 5) is 2.60. The van der Waals surface area contributed by atoms with E-state index in [-0.39, 0.29) is 0 Å². The summed E-state index contributed by atoms with van der Waals surface area (Å²) < 4.78 is 0. The molecule has 0 aromatic rings. The highest BCUT2D eigenvalue weighted by Gasteiger charge is 2.35. The maximum atomic E-state index is 3.90. The van der Waals surface area contributed by atoms with Crippen LogP contribution in [0.5, 0.6) is 0 Å². The number of nitrogens with one attached hydrogen (secondary N) is 1. The van der Waals surface area contributed by atoms with Gasteiger partial charge in [0.05, 0.1) is 0 Å². The van der Waals surface area contributed by atoms with E-state index in [0.717, 1.165) is 25.6 Å². The van der Waals surface area contributed by atoms with Crippen LogP contribution in [0.2, 0.25) is 0 Å².